The zero-order chi connectivity index (χ0) is 10.7. The van der Waals surface area contributed by atoms with Gasteiger partial charge in [-0.15, -0.1) is 0 Å². The van der Waals surface area contributed by atoms with Gasteiger partial charge < -0.3 is 0 Å². The van der Waals surface area contributed by atoms with Crippen molar-refractivity contribution in [3.05, 3.63) is 42.2 Å². The molecule has 0 bridgehead atoms. The Bertz CT molecular complexity index is 520. The summed E-state index contributed by atoms with van der Waals surface area (Å²) in [7, 11) is -3.40. The topological polar surface area (TPSA) is 75.7 Å². The van der Waals surface area contributed by atoms with Crippen LogP contribution in [0.4, 0.5) is 0 Å². The number of aromatic amines is 1. The second-order valence-electron chi connectivity index (χ2n) is 3.04. The standard InChI is InChI=1S/C9H9N3O2S/c13-15(14,9-10-7-11-12-9)6-8-4-2-1-3-5-8/h1-5,7H,6H2,(H,10,11,12). The van der Waals surface area contributed by atoms with E-state index in [0.29, 0.717) is 0 Å². The molecule has 0 amide bonds. The van der Waals surface area contributed by atoms with Gasteiger partial charge in [-0.05, 0) is 5.56 Å². The number of nitrogens with zero attached hydrogens (tertiary/aromatic N) is 2. The zero-order valence-electron chi connectivity index (χ0n) is 7.79. The van der Waals surface area contributed by atoms with Gasteiger partial charge in [0.1, 0.15) is 6.33 Å². The fraction of sp³-hybridized carbons (Fsp3) is 0.111. The van der Waals surface area contributed by atoms with E-state index in [1.807, 2.05) is 6.07 Å². The van der Waals surface area contributed by atoms with E-state index in [9.17, 15) is 8.42 Å². The van der Waals surface area contributed by atoms with Crippen LogP contribution in [0.5, 0.6) is 0 Å². The summed E-state index contributed by atoms with van der Waals surface area (Å²) in [5, 5.41) is 5.77. The molecule has 2 rings (SSSR count). The molecule has 0 fully saturated rings. The Morgan fingerprint density at radius 3 is 2.53 bits per heavy atom. The van der Waals surface area contributed by atoms with Gasteiger partial charge in [-0.25, -0.2) is 13.4 Å². The van der Waals surface area contributed by atoms with Gasteiger partial charge in [-0.2, -0.15) is 5.10 Å². The third-order valence-corrected chi connectivity index (χ3v) is 3.39. The van der Waals surface area contributed by atoms with Crippen LogP contribution in [-0.4, -0.2) is 23.6 Å². The average molecular weight is 223 g/mol. The fourth-order valence-corrected chi connectivity index (χ4v) is 2.37. The summed E-state index contributed by atoms with van der Waals surface area (Å²) in [5.41, 5.74) is 0.730. The summed E-state index contributed by atoms with van der Waals surface area (Å²) in [4.78, 5) is 3.63. The van der Waals surface area contributed by atoms with Crippen molar-refractivity contribution in [2.24, 2.45) is 0 Å². The van der Waals surface area contributed by atoms with Crippen LogP contribution in [0.1, 0.15) is 5.56 Å². The van der Waals surface area contributed by atoms with Crippen LogP contribution in [0, 0.1) is 0 Å². The van der Waals surface area contributed by atoms with Crippen molar-refractivity contribution >= 4 is 9.84 Å². The molecule has 1 aromatic carbocycles. The Hall–Kier alpha value is -1.69. The molecule has 78 valence electrons. The third-order valence-electron chi connectivity index (χ3n) is 1.89. The molecule has 0 radical (unpaired) electrons. The minimum atomic E-state index is -3.40. The number of H-pyrrole nitrogens is 1. The van der Waals surface area contributed by atoms with E-state index in [1.54, 1.807) is 24.3 Å². The van der Waals surface area contributed by atoms with E-state index < -0.39 is 9.84 Å². The molecule has 1 heterocycles. The number of hydrogen-bond donors (Lipinski definition) is 1. The highest BCUT2D eigenvalue weighted by Crippen LogP contribution is 2.10. The van der Waals surface area contributed by atoms with E-state index in [0.717, 1.165) is 5.56 Å². The molecule has 15 heavy (non-hydrogen) atoms. The third kappa shape index (κ3) is 2.21. The van der Waals surface area contributed by atoms with Crippen LogP contribution in [0.2, 0.25) is 0 Å². The molecule has 0 aliphatic carbocycles. The molecule has 0 spiro atoms. The van der Waals surface area contributed by atoms with Crippen molar-refractivity contribution in [3.63, 3.8) is 0 Å². The summed E-state index contributed by atoms with van der Waals surface area (Å²) >= 11 is 0. The van der Waals surface area contributed by atoms with E-state index in [2.05, 4.69) is 15.2 Å². The number of rotatable bonds is 3. The van der Waals surface area contributed by atoms with E-state index in [4.69, 9.17) is 0 Å². The van der Waals surface area contributed by atoms with Crippen molar-refractivity contribution < 1.29 is 8.42 Å². The Balaban J connectivity index is 2.27. The second kappa shape index (κ2) is 3.82. The average Bonchev–Trinajstić information content (AvgIpc) is 2.71. The predicted octanol–water partition coefficient (Wildman–Crippen LogP) is 0.779. The van der Waals surface area contributed by atoms with Gasteiger partial charge >= 0.3 is 0 Å². The molecule has 1 N–H and O–H groups in total. The number of nitrogens with one attached hydrogen (secondary N) is 1. The minimum absolute atomic E-state index is 0.0664. The number of hydrogen-bond acceptors (Lipinski definition) is 4. The van der Waals surface area contributed by atoms with Crippen LogP contribution in [0.25, 0.3) is 0 Å². The first kappa shape index (κ1) is 9.85. The maximum atomic E-state index is 11.7. The lowest BCUT2D eigenvalue weighted by Crippen LogP contribution is -2.06. The second-order valence-corrected chi connectivity index (χ2v) is 4.94. The first-order valence-electron chi connectivity index (χ1n) is 4.30. The Morgan fingerprint density at radius 2 is 1.93 bits per heavy atom. The maximum absolute atomic E-state index is 11.7. The van der Waals surface area contributed by atoms with Crippen LogP contribution in [0.3, 0.4) is 0 Å². The number of aromatic nitrogens is 3. The fourth-order valence-electron chi connectivity index (χ4n) is 1.21. The zero-order valence-corrected chi connectivity index (χ0v) is 8.61. The lowest BCUT2D eigenvalue weighted by atomic mass is 10.2. The van der Waals surface area contributed by atoms with Gasteiger partial charge in [-0.3, -0.25) is 5.10 Å². The Labute approximate surface area is 87.1 Å². The SMILES string of the molecule is O=S(=O)(Cc1ccccc1)c1ncn[nH]1. The van der Waals surface area contributed by atoms with Crippen molar-refractivity contribution in [2.75, 3.05) is 0 Å². The van der Waals surface area contributed by atoms with Crippen molar-refractivity contribution in [2.45, 2.75) is 10.9 Å². The number of benzene rings is 1. The van der Waals surface area contributed by atoms with Crippen molar-refractivity contribution in [1.82, 2.24) is 15.2 Å². The number of sulfone groups is 1. The lowest BCUT2D eigenvalue weighted by Gasteiger charge is -1.99. The molecule has 1 aromatic heterocycles. The molecule has 0 aliphatic rings. The van der Waals surface area contributed by atoms with E-state index >= 15 is 0 Å². The van der Waals surface area contributed by atoms with E-state index in [-0.39, 0.29) is 10.9 Å². The molecular formula is C9H9N3O2S. The quantitative estimate of drug-likeness (QED) is 0.834. The molecule has 0 atom stereocenters. The van der Waals surface area contributed by atoms with Crippen LogP contribution < -0.4 is 0 Å². The van der Waals surface area contributed by atoms with Gasteiger partial charge in [0.15, 0.2) is 0 Å². The lowest BCUT2D eigenvalue weighted by molar-refractivity contribution is 0.587. The molecule has 0 saturated carbocycles. The molecule has 5 nitrogen and oxygen atoms in total. The molecule has 0 saturated heterocycles. The summed E-state index contributed by atoms with van der Waals surface area (Å²) < 4.78 is 23.5. The normalized spacial score (nSPS) is 11.5. The molecule has 0 unspecified atom stereocenters. The molecule has 2 aromatic rings. The van der Waals surface area contributed by atoms with E-state index in [1.165, 1.54) is 6.33 Å². The first-order chi connectivity index (χ1) is 7.18. The van der Waals surface area contributed by atoms with Gasteiger partial charge in [0.25, 0.3) is 0 Å². The largest absolute Gasteiger partial charge is 0.250 e. The summed E-state index contributed by atoms with van der Waals surface area (Å²) in [5.74, 6) is -0.0664. The highest BCUT2D eigenvalue weighted by Gasteiger charge is 2.17. The first-order valence-corrected chi connectivity index (χ1v) is 5.96. The summed E-state index contributed by atoms with van der Waals surface area (Å²) in [6.07, 6.45) is 1.18. The van der Waals surface area contributed by atoms with Gasteiger partial charge in [-0.1, -0.05) is 30.3 Å². The Kier molecular flexibility index (Phi) is 2.51. The minimum Gasteiger partial charge on any atom is -0.250 e. The Morgan fingerprint density at radius 1 is 1.20 bits per heavy atom. The van der Waals surface area contributed by atoms with Crippen molar-refractivity contribution in [3.8, 4) is 0 Å². The smallest absolute Gasteiger partial charge is 0.243 e. The summed E-state index contributed by atoms with van der Waals surface area (Å²) in [6.45, 7) is 0. The highest BCUT2D eigenvalue weighted by atomic mass is 32.2. The monoisotopic (exact) mass is 223 g/mol. The van der Waals surface area contributed by atoms with Crippen LogP contribution in [0.15, 0.2) is 41.8 Å². The highest BCUT2D eigenvalue weighted by molar-refractivity contribution is 7.90. The maximum Gasteiger partial charge on any atom is 0.243 e. The molecule has 6 heteroatoms. The van der Waals surface area contributed by atoms with Crippen molar-refractivity contribution in [1.29, 1.82) is 0 Å². The summed E-state index contributed by atoms with van der Waals surface area (Å²) in [6, 6.07) is 8.95. The van der Waals surface area contributed by atoms with Crippen LogP contribution >= 0.6 is 0 Å². The van der Waals surface area contributed by atoms with Gasteiger partial charge in [0.2, 0.25) is 15.0 Å². The van der Waals surface area contributed by atoms with Gasteiger partial charge in [0.05, 0.1) is 5.75 Å². The molecule has 0 aliphatic heterocycles. The van der Waals surface area contributed by atoms with Crippen LogP contribution in [-0.2, 0) is 15.6 Å². The molecular weight excluding hydrogens is 214 g/mol. The predicted molar refractivity (Wildman–Crippen MR) is 53.7 cm³/mol. The van der Waals surface area contributed by atoms with Gasteiger partial charge in [0, 0.05) is 0 Å².